The van der Waals surface area contributed by atoms with Crippen LogP contribution in [0.4, 0.5) is 0 Å². The number of hydrogen-bond acceptors (Lipinski definition) is 4. The Morgan fingerprint density at radius 3 is 2.54 bits per heavy atom. The molecule has 1 aliphatic rings. The van der Waals surface area contributed by atoms with Crippen molar-refractivity contribution in [1.82, 2.24) is 0 Å². The van der Waals surface area contributed by atoms with Crippen LogP contribution in [0.1, 0.15) is 35.2 Å². The molecule has 0 aromatic heterocycles. The monoisotopic (exact) mass is 344 g/mol. The first-order valence-corrected chi connectivity index (χ1v) is 8.19. The molecular weight excluding hydrogens is 328 g/mol. The smallest absolute Gasteiger partial charge is 0.347 e. The zero-order chi connectivity index (χ0) is 17.1. The van der Waals surface area contributed by atoms with Crippen molar-refractivity contribution >= 4 is 23.4 Å². The molecule has 24 heavy (non-hydrogen) atoms. The first-order chi connectivity index (χ1) is 11.6. The summed E-state index contributed by atoms with van der Waals surface area (Å²) in [7, 11) is 0. The zero-order valence-corrected chi connectivity index (χ0v) is 14.0. The maximum atomic E-state index is 12.6. The predicted octanol–water partition coefficient (Wildman–Crippen LogP) is 4.02. The van der Waals surface area contributed by atoms with Crippen LogP contribution in [-0.2, 0) is 9.53 Å². The highest BCUT2D eigenvalue weighted by Crippen LogP contribution is 2.41. The number of halogens is 1. The highest BCUT2D eigenvalue weighted by Gasteiger charge is 2.41. The number of rotatable bonds is 5. The van der Waals surface area contributed by atoms with Gasteiger partial charge in [0, 0.05) is 28.5 Å². The van der Waals surface area contributed by atoms with Gasteiger partial charge in [-0.25, -0.2) is 4.79 Å². The van der Waals surface area contributed by atoms with Gasteiger partial charge in [0.1, 0.15) is 5.75 Å². The van der Waals surface area contributed by atoms with Crippen LogP contribution in [-0.4, -0.2) is 24.5 Å². The minimum absolute atomic E-state index is 0.0636. The third-order valence-electron chi connectivity index (χ3n) is 4.03. The van der Waals surface area contributed by atoms with Gasteiger partial charge in [0.15, 0.2) is 5.78 Å². The molecule has 0 N–H and O–H groups in total. The van der Waals surface area contributed by atoms with E-state index in [2.05, 4.69) is 0 Å². The summed E-state index contributed by atoms with van der Waals surface area (Å²) in [6, 6.07) is 14.1. The Balaban J connectivity index is 1.85. The largest absolute Gasteiger partial charge is 0.478 e. The molecule has 0 spiro atoms. The Labute approximate surface area is 145 Å². The van der Waals surface area contributed by atoms with E-state index in [0.29, 0.717) is 16.3 Å². The summed E-state index contributed by atoms with van der Waals surface area (Å²) in [6.07, 6.45) is -0.624. The average molecular weight is 345 g/mol. The van der Waals surface area contributed by atoms with Gasteiger partial charge in [0.05, 0.1) is 6.61 Å². The number of ether oxygens (including phenoxy) is 2. The second-order valence-corrected chi connectivity index (χ2v) is 6.01. The van der Waals surface area contributed by atoms with Gasteiger partial charge >= 0.3 is 5.97 Å². The van der Waals surface area contributed by atoms with E-state index in [1.54, 1.807) is 37.3 Å². The van der Waals surface area contributed by atoms with Crippen molar-refractivity contribution in [2.45, 2.75) is 25.4 Å². The molecule has 0 amide bonds. The first kappa shape index (κ1) is 16.5. The molecule has 2 aromatic carbocycles. The van der Waals surface area contributed by atoms with E-state index in [1.807, 2.05) is 18.2 Å². The standard InChI is InChI=1S/C19H17ClO4/c1-2-23-19(22)18-15(14-5-3-4-6-17(14)24-18)11-16(21)12-7-9-13(20)10-8-12/h3-10,15,18H,2,11H2,1H3/t15-,18-/m0/s1. The molecule has 5 heteroatoms. The second kappa shape index (κ2) is 7.05. The molecule has 0 fully saturated rings. The molecule has 1 aliphatic heterocycles. The Bertz CT molecular complexity index is 754. The highest BCUT2D eigenvalue weighted by molar-refractivity contribution is 6.30. The third kappa shape index (κ3) is 3.29. The molecule has 0 radical (unpaired) electrons. The predicted molar refractivity (Wildman–Crippen MR) is 90.6 cm³/mol. The summed E-state index contributed by atoms with van der Waals surface area (Å²) in [6.45, 7) is 2.01. The lowest BCUT2D eigenvalue weighted by Gasteiger charge is -2.17. The van der Waals surface area contributed by atoms with E-state index in [-0.39, 0.29) is 24.7 Å². The molecule has 124 valence electrons. The summed E-state index contributed by atoms with van der Waals surface area (Å²) in [4.78, 5) is 24.8. The molecule has 0 unspecified atom stereocenters. The lowest BCUT2D eigenvalue weighted by Crippen LogP contribution is -2.32. The summed E-state index contributed by atoms with van der Waals surface area (Å²) in [5.41, 5.74) is 1.42. The van der Waals surface area contributed by atoms with E-state index < -0.39 is 12.1 Å². The van der Waals surface area contributed by atoms with Crippen LogP contribution in [0.5, 0.6) is 5.75 Å². The number of para-hydroxylation sites is 1. The molecule has 0 saturated heterocycles. The first-order valence-electron chi connectivity index (χ1n) is 7.81. The number of carbonyl (C=O) groups is 2. The van der Waals surface area contributed by atoms with Crippen LogP contribution in [0.15, 0.2) is 48.5 Å². The van der Waals surface area contributed by atoms with Gasteiger partial charge in [-0.15, -0.1) is 0 Å². The van der Waals surface area contributed by atoms with Crippen molar-refractivity contribution in [3.63, 3.8) is 0 Å². The Hall–Kier alpha value is -2.33. The minimum atomic E-state index is -0.793. The van der Waals surface area contributed by atoms with Crippen molar-refractivity contribution in [2.24, 2.45) is 0 Å². The fourth-order valence-electron chi connectivity index (χ4n) is 2.88. The molecule has 2 atom stereocenters. The van der Waals surface area contributed by atoms with Gasteiger partial charge in [-0.05, 0) is 37.3 Å². The fraction of sp³-hybridized carbons (Fsp3) is 0.263. The quantitative estimate of drug-likeness (QED) is 0.607. The fourth-order valence-corrected chi connectivity index (χ4v) is 3.01. The highest BCUT2D eigenvalue weighted by atomic mass is 35.5. The molecule has 3 rings (SSSR count). The maximum Gasteiger partial charge on any atom is 0.347 e. The van der Waals surface area contributed by atoms with Crippen LogP contribution in [0, 0.1) is 0 Å². The molecule has 2 aromatic rings. The van der Waals surface area contributed by atoms with Crippen LogP contribution in [0.25, 0.3) is 0 Å². The molecule has 4 nitrogen and oxygen atoms in total. The number of hydrogen-bond donors (Lipinski definition) is 0. The van der Waals surface area contributed by atoms with Crippen LogP contribution in [0.3, 0.4) is 0 Å². The Kier molecular flexibility index (Phi) is 4.86. The van der Waals surface area contributed by atoms with Crippen molar-refractivity contribution in [1.29, 1.82) is 0 Å². The zero-order valence-electron chi connectivity index (χ0n) is 13.2. The third-order valence-corrected chi connectivity index (χ3v) is 4.28. The van der Waals surface area contributed by atoms with Gasteiger partial charge in [-0.2, -0.15) is 0 Å². The SMILES string of the molecule is CCOC(=O)[C@H]1Oc2ccccc2[C@@H]1CC(=O)c1ccc(Cl)cc1. The van der Waals surface area contributed by atoms with Gasteiger partial charge in [0.2, 0.25) is 6.10 Å². The van der Waals surface area contributed by atoms with Crippen LogP contribution in [0.2, 0.25) is 5.02 Å². The number of Topliss-reactive ketones (excluding diaryl/α,β-unsaturated/α-hetero) is 1. The lowest BCUT2D eigenvalue weighted by molar-refractivity contribution is -0.151. The van der Waals surface area contributed by atoms with Crippen molar-refractivity contribution in [2.75, 3.05) is 6.61 Å². The molecule has 1 heterocycles. The topological polar surface area (TPSA) is 52.6 Å². The van der Waals surface area contributed by atoms with E-state index in [4.69, 9.17) is 21.1 Å². The second-order valence-electron chi connectivity index (χ2n) is 5.57. The van der Waals surface area contributed by atoms with Crippen molar-refractivity contribution < 1.29 is 19.1 Å². The number of benzene rings is 2. The summed E-state index contributed by atoms with van der Waals surface area (Å²) in [5, 5.41) is 0.575. The molecular formula is C19H17ClO4. The van der Waals surface area contributed by atoms with Crippen molar-refractivity contribution in [3.05, 3.63) is 64.7 Å². The number of fused-ring (bicyclic) bond motifs is 1. The molecule has 0 saturated carbocycles. The van der Waals surface area contributed by atoms with Crippen LogP contribution >= 0.6 is 11.6 Å². The number of esters is 1. The van der Waals surface area contributed by atoms with E-state index in [0.717, 1.165) is 5.56 Å². The summed E-state index contributed by atoms with van der Waals surface area (Å²) < 4.78 is 10.8. The van der Waals surface area contributed by atoms with Gasteiger partial charge in [-0.3, -0.25) is 4.79 Å². The Morgan fingerprint density at radius 1 is 1.12 bits per heavy atom. The van der Waals surface area contributed by atoms with Crippen molar-refractivity contribution in [3.8, 4) is 5.75 Å². The number of ketones is 1. The lowest BCUT2D eigenvalue weighted by atomic mass is 9.88. The minimum Gasteiger partial charge on any atom is -0.478 e. The maximum absolute atomic E-state index is 12.6. The Morgan fingerprint density at radius 2 is 1.83 bits per heavy atom. The summed E-state index contributed by atoms with van der Waals surface area (Å²) >= 11 is 5.86. The van der Waals surface area contributed by atoms with E-state index >= 15 is 0 Å². The number of carbonyl (C=O) groups excluding carboxylic acids is 2. The molecule has 0 aliphatic carbocycles. The van der Waals surface area contributed by atoms with E-state index in [9.17, 15) is 9.59 Å². The summed E-state index contributed by atoms with van der Waals surface area (Å²) in [5.74, 6) is -0.234. The average Bonchev–Trinajstić information content (AvgIpc) is 2.94. The van der Waals surface area contributed by atoms with E-state index in [1.165, 1.54) is 0 Å². The van der Waals surface area contributed by atoms with Gasteiger partial charge < -0.3 is 9.47 Å². The van der Waals surface area contributed by atoms with Gasteiger partial charge in [0.25, 0.3) is 0 Å². The normalized spacial score (nSPS) is 18.6. The molecule has 0 bridgehead atoms. The van der Waals surface area contributed by atoms with Gasteiger partial charge in [-0.1, -0.05) is 29.8 Å². The van der Waals surface area contributed by atoms with Crippen LogP contribution < -0.4 is 4.74 Å².